The lowest BCUT2D eigenvalue weighted by molar-refractivity contribution is -0.139. The van der Waals surface area contributed by atoms with Gasteiger partial charge < -0.3 is 25.4 Å². The second kappa shape index (κ2) is 13.0. The van der Waals surface area contributed by atoms with Crippen LogP contribution in [0.5, 0.6) is 5.75 Å². The first-order chi connectivity index (χ1) is 20.4. The molecule has 1 saturated heterocycles. The van der Waals surface area contributed by atoms with E-state index in [4.69, 9.17) is 9.84 Å². The number of hydrogen-bond donors (Lipinski definition) is 3. The summed E-state index contributed by atoms with van der Waals surface area (Å²) in [5.74, 6) is -3.14. The first kappa shape index (κ1) is 31.2. The molecule has 1 aliphatic heterocycles. The van der Waals surface area contributed by atoms with Crippen LogP contribution in [-0.2, 0) is 20.9 Å². The van der Waals surface area contributed by atoms with Gasteiger partial charge in [-0.3, -0.25) is 19.3 Å². The van der Waals surface area contributed by atoms with Gasteiger partial charge in [-0.2, -0.15) is 0 Å². The van der Waals surface area contributed by atoms with Crippen molar-refractivity contribution in [3.63, 3.8) is 0 Å². The number of anilines is 1. The molecule has 0 radical (unpaired) electrons. The lowest BCUT2D eigenvalue weighted by Gasteiger charge is -2.28. The molecule has 1 unspecified atom stereocenters. The number of nitrogens with one attached hydrogen (secondary N) is 2. The molecule has 0 aromatic heterocycles. The highest BCUT2D eigenvalue weighted by Gasteiger charge is 2.36. The quantitative estimate of drug-likeness (QED) is 0.298. The molecule has 4 rings (SSSR count). The minimum absolute atomic E-state index is 0.0525. The molecular formula is C32H35FN4O6. The first-order valence-corrected chi connectivity index (χ1v) is 13.8. The summed E-state index contributed by atoms with van der Waals surface area (Å²) < 4.78 is 21.0. The number of carboxylic acids is 1. The van der Waals surface area contributed by atoms with Crippen molar-refractivity contribution in [2.75, 3.05) is 39.6 Å². The van der Waals surface area contributed by atoms with Gasteiger partial charge in [0, 0.05) is 37.9 Å². The molecule has 1 heterocycles. The third kappa shape index (κ3) is 6.67. The van der Waals surface area contributed by atoms with E-state index in [9.17, 15) is 19.2 Å². The zero-order chi connectivity index (χ0) is 31.4. The summed E-state index contributed by atoms with van der Waals surface area (Å²) in [6.45, 7) is 4.18. The maximum atomic E-state index is 15.4. The SMILES string of the molecule is COc1cc(-c2cccc(-c3cccc(NC(=O)C4CNC(=O)N(C)C4=O)c3C)c2C)cc(F)c1CN(C)CCC(=O)O. The number of imide groups is 1. The highest BCUT2D eigenvalue weighted by Crippen LogP contribution is 2.38. The smallest absolute Gasteiger partial charge is 0.323 e. The summed E-state index contributed by atoms with van der Waals surface area (Å²) in [5.41, 5.74) is 5.67. The lowest BCUT2D eigenvalue weighted by Crippen LogP contribution is -2.56. The van der Waals surface area contributed by atoms with E-state index in [0.29, 0.717) is 22.6 Å². The Morgan fingerprint density at radius 2 is 1.74 bits per heavy atom. The van der Waals surface area contributed by atoms with Crippen molar-refractivity contribution in [3.05, 3.63) is 71.0 Å². The zero-order valence-corrected chi connectivity index (χ0v) is 24.8. The Morgan fingerprint density at radius 3 is 2.42 bits per heavy atom. The number of carboxylic acid groups (broad SMARTS) is 1. The summed E-state index contributed by atoms with van der Waals surface area (Å²) in [5, 5.41) is 14.3. The average Bonchev–Trinajstić information content (AvgIpc) is 2.97. The number of halogens is 1. The minimum atomic E-state index is -1.04. The van der Waals surface area contributed by atoms with Gasteiger partial charge in [0.1, 0.15) is 17.5 Å². The molecule has 0 bridgehead atoms. The molecule has 226 valence electrons. The summed E-state index contributed by atoms with van der Waals surface area (Å²) in [7, 11) is 4.53. The Hall–Kier alpha value is -4.77. The number of ether oxygens (including phenoxy) is 1. The standard InChI is InChI=1S/C32H35FN4O6/c1-18-21(20-14-26(33)25(28(15-20)43-5)17-36(3)13-12-29(38)39)8-6-9-22(18)23-10-7-11-27(19(23)2)35-30(40)24-16-34-32(42)37(4)31(24)41/h6-11,14-15,24H,12-13,16-17H2,1-5H3,(H,34,42)(H,35,40)(H,38,39). The van der Waals surface area contributed by atoms with Crippen molar-refractivity contribution >= 4 is 29.5 Å². The van der Waals surface area contributed by atoms with E-state index in [2.05, 4.69) is 10.6 Å². The molecule has 1 aliphatic rings. The van der Waals surface area contributed by atoms with Crippen LogP contribution in [-0.4, -0.2) is 73.0 Å². The van der Waals surface area contributed by atoms with E-state index < -0.39 is 35.5 Å². The van der Waals surface area contributed by atoms with Crippen molar-refractivity contribution in [1.82, 2.24) is 15.1 Å². The fourth-order valence-corrected chi connectivity index (χ4v) is 5.19. The van der Waals surface area contributed by atoms with Gasteiger partial charge in [0.2, 0.25) is 11.8 Å². The number of rotatable bonds is 10. The largest absolute Gasteiger partial charge is 0.496 e. The number of nitrogens with zero attached hydrogens (tertiary/aromatic N) is 2. The number of benzene rings is 3. The predicted octanol–water partition coefficient (Wildman–Crippen LogP) is 4.43. The molecule has 4 amide bonds. The minimum Gasteiger partial charge on any atom is -0.496 e. The van der Waals surface area contributed by atoms with Gasteiger partial charge in [-0.25, -0.2) is 9.18 Å². The second-order valence-electron chi connectivity index (χ2n) is 10.6. The summed E-state index contributed by atoms with van der Waals surface area (Å²) in [6.07, 6.45) is -0.0525. The van der Waals surface area contributed by atoms with E-state index in [-0.39, 0.29) is 26.1 Å². The Labute approximate surface area is 249 Å². The van der Waals surface area contributed by atoms with Gasteiger partial charge in [-0.15, -0.1) is 0 Å². The van der Waals surface area contributed by atoms with Crippen molar-refractivity contribution in [3.8, 4) is 28.0 Å². The number of amides is 4. The Kier molecular flexibility index (Phi) is 9.45. The normalized spacial score (nSPS) is 15.0. The van der Waals surface area contributed by atoms with Crippen LogP contribution in [0.2, 0.25) is 0 Å². The van der Waals surface area contributed by atoms with Crippen LogP contribution < -0.4 is 15.4 Å². The third-order valence-electron chi connectivity index (χ3n) is 7.74. The number of methoxy groups -OCH3 is 1. The molecule has 3 N–H and O–H groups in total. The van der Waals surface area contributed by atoms with Crippen molar-refractivity contribution < 1.29 is 33.4 Å². The van der Waals surface area contributed by atoms with Gasteiger partial charge in [0.15, 0.2) is 0 Å². The van der Waals surface area contributed by atoms with Gasteiger partial charge >= 0.3 is 12.0 Å². The molecule has 1 atom stereocenters. The monoisotopic (exact) mass is 590 g/mol. The van der Waals surface area contributed by atoms with E-state index in [1.165, 1.54) is 20.2 Å². The highest BCUT2D eigenvalue weighted by atomic mass is 19.1. The van der Waals surface area contributed by atoms with Crippen LogP contribution in [0, 0.1) is 25.6 Å². The van der Waals surface area contributed by atoms with Gasteiger partial charge in [0.25, 0.3) is 0 Å². The number of aliphatic carboxylic acids is 1. The maximum Gasteiger partial charge on any atom is 0.323 e. The zero-order valence-electron chi connectivity index (χ0n) is 24.8. The Balaban J connectivity index is 1.63. The Morgan fingerprint density at radius 1 is 1.09 bits per heavy atom. The van der Waals surface area contributed by atoms with Crippen LogP contribution in [0.1, 0.15) is 23.1 Å². The van der Waals surface area contributed by atoms with Crippen LogP contribution >= 0.6 is 0 Å². The Bertz CT molecular complexity index is 1590. The second-order valence-corrected chi connectivity index (χ2v) is 10.6. The fourth-order valence-electron chi connectivity index (χ4n) is 5.19. The molecule has 3 aromatic carbocycles. The molecular weight excluding hydrogens is 555 g/mol. The van der Waals surface area contributed by atoms with Crippen LogP contribution in [0.3, 0.4) is 0 Å². The average molecular weight is 591 g/mol. The number of hydrogen-bond acceptors (Lipinski definition) is 6. The van der Waals surface area contributed by atoms with Crippen molar-refractivity contribution in [2.24, 2.45) is 5.92 Å². The molecule has 0 spiro atoms. The predicted molar refractivity (Wildman–Crippen MR) is 160 cm³/mol. The molecule has 3 aromatic rings. The number of carbonyl (C=O) groups excluding carboxylic acids is 3. The highest BCUT2D eigenvalue weighted by molar-refractivity contribution is 6.12. The maximum absolute atomic E-state index is 15.4. The number of carbonyl (C=O) groups is 4. The summed E-state index contributed by atoms with van der Waals surface area (Å²) >= 11 is 0. The topological polar surface area (TPSA) is 128 Å². The fraction of sp³-hybridized carbons (Fsp3) is 0.312. The van der Waals surface area contributed by atoms with E-state index in [1.807, 2.05) is 38.1 Å². The van der Waals surface area contributed by atoms with Gasteiger partial charge in [-0.05, 0) is 72.5 Å². The molecule has 43 heavy (non-hydrogen) atoms. The van der Waals surface area contributed by atoms with Crippen LogP contribution in [0.4, 0.5) is 14.9 Å². The van der Waals surface area contributed by atoms with Crippen LogP contribution in [0.25, 0.3) is 22.3 Å². The number of urea groups is 1. The van der Waals surface area contributed by atoms with Gasteiger partial charge in [-0.1, -0.05) is 30.3 Å². The third-order valence-corrected chi connectivity index (χ3v) is 7.74. The first-order valence-electron chi connectivity index (χ1n) is 13.8. The van der Waals surface area contributed by atoms with Crippen LogP contribution in [0.15, 0.2) is 48.5 Å². The van der Waals surface area contributed by atoms with E-state index in [0.717, 1.165) is 32.7 Å². The lowest BCUT2D eigenvalue weighted by atomic mass is 9.90. The molecule has 10 nitrogen and oxygen atoms in total. The molecule has 0 aliphatic carbocycles. The summed E-state index contributed by atoms with van der Waals surface area (Å²) in [4.78, 5) is 50.8. The van der Waals surface area contributed by atoms with Gasteiger partial charge in [0.05, 0.1) is 13.5 Å². The van der Waals surface area contributed by atoms with Crippen molar-refractivity contribution in [2.45, 2.75) is 26.8 Å². The molecule has 1 fully saturated rings. The van der Waals surface area contributed by atoms with E-state index in [1.54, 1.807) is 30.1 Å². The molecule has 11 heteroatoms. The van der Waals surface area contributed by atoms with Crippen molar-refractivity contribution in [1.29, 1.82) is 0 Å². The van der Waals surface area contributed by atoms with E-state index >= 15 is 4.39 Å². The molecule has 0 saturated carbocycles. The summed E-state index contributed by atoms with van der Waals surface area (Å²) in [6, 6.07) is 13.9.